The molecule has 8 nitrogen and oxygen atoms in total. The molecule has 0 fully saturated rings. The summed E-state index contributed by atoms with van der Waals surface area (Å²) in [6.07, 6.45) is 0.395. The highest BCUT2D eigenvalue weighted by atomic mass is 16.6. The summed E-state index contributed by atoms with van der Waals surface area (Å²) < 4.78 is 10.6. The first-order valence-electron chi connectivity index (χ1n) is 7.95. The molecule has 8 heteroatoms. The van der Waals surface area contributed by atoms with Crippen molar-refractivity contribution in [2.24, 2.45) is 5.41 Å². The molecule has 0 aliphatic rings. The first kappa shape index (κ1) is 20.4. The highest BCUT2D eigenvalue weighted by Gasteiger charge is 2.29. The number of carbonyl (C=O) groups excluding carboxylic acids is 2. The van der Waals surface area contributed by atoms with Crippen molar-refractivity contribution in [3.8, 4) is 5.75 Å². The van der Waals surface area contributed by atoms with Crippen molar-refractivity contribution < 1.29 is 24.0 Å². The van der Waals surface area contributed by atoms with E-state index in [0.29, 0.717) is 24.3 Å². The third kappa shape index (κ3) is 5.74. The van der Waals surface area contributed by atoms with Crippen molar-refractivity contribution in [1.82, 2.24) is 0 Å². The number of nitro groups is 1. The first-order valence-corrected chi connectivity index (χ1v) is 7.95. The molecule has 1 amide bonds. The van der Waals surface area contributed by atoms with Gasteiger partial charge in [0, 0.05) is 6.92 Å². The Morgan fingerprint density at radius 3 is 2.48 bits per heavy atom. The molecule has 138 valence electrons. The van der Waals surface area contributed by atoms with Gasteiger partial charge in [-0.05, 0) is 45.7 Å². The van der Waals surface area contributed by atoms with E-state index >= 15 is 0 Å². The van der Waals surface area contributed by atoms with Gasteiger partial charge in [0.2, 0.25) is 5.91 Å². The molecule has 0 bridgehead atoms. The van der Waals surface area contributed by atoms with Gasteiger partial charge < -0.3 is 14.8 Å². The summed E-state index contributed by atoms with van der Waals surface area (Å²) in [5, 5.41) is 13.7. The highest BCUT2D eigenvalue weighted by Crippen LogP contribution is 2.33. The Balaban J connectivity index is 2.88. The third-order valence-corrected chi connectivity index (χ3v) is 3.61. The van der Waals surface area contributed by atoms with Gasteiger partial charge in [-0.3, -0.25) is 19.7 Å². The minimum Gasteiger partial charge on any atom is -0.493 e. The topological polar surface area (TPSA) is 108 Å². The lowest BCUT2D eigenvalue weighted by molar-refractivity contribution is -0.384. The average Bonchev–Trinajstić information content (AvgIpc) is 2.49. The van der Waals surface area contributed by atoms with Crippen molar-refractivity contribution in [3.63, 3.8) is 0 Å². The predicted octanol–water partition coefficient (Wildman–Crippen LogP) is 3.22. The molecule has 0 aliphatic heterocycles. The fourth-order valence-electron chi connectivity index (χ4n) is 2.15. The average molecular weight is 352 g/mol. The Morgan fingerprint density at radius 1 is 1.32 bits per heavy atom. The van der Waals surface area contributed by atoms with Crippen molar-refractivity contribution in [2.45, 2.75) is 41.0 Å². The quantitative estimate of drug-likeness (QED) is 0.437. The molecule has 0 atom stereocenters. The van der Waals surface area contributed by atoms with Crippen LogP contribution < -0.4 is 10.1 Å². The molecule has 25 heavy (non-hydrogen) atoms. The Labute approximate surface area is 146 Å². The van der Waals surface area contributed by atoms with Crippen molar-refractivity contribution in [1.29, 1.82) is 0 Å². The zero-order chi connectivity index (χ0) is 19.2. The molecule has 0 aromatic heterocycles. The van der Waals surface area contributed by atoms with Gasteiger partial charge in [0.05, 0.1) is 29.6 Å². The van der Waals surface area contributed by atoms with Crippen LogP contribution in [0.5, 0.6) is 5.75 Å². The largest absolute Gasteiger partial charge is 0.493 e. The lowest BCUT2D eigenvalue weighted by Gasteiger charge is -2.22. The van der Waals surface area contributed by atoms with Crippen LogP contribution in [0, 0.1) is 22.5 Å². The van der Waals surface area contributed by atoms with Gasteiger partial charge in [-0.2, -0.15) is 0 Å². The van der Waals surface area contributed by atoms with Gasteiger partial charge in [-0.25, -0.2) is 0 Å². The summed E-state index contributed by atoms with van der Waals surface area (Å²) in [7, 11) is 0. The van der Waals surface area contributed by atoms with Gasteiger partial charge in [-0.1, -0.05) is 0 Å². The van der Waals surface area contributed by atoms with E-state index in [9.17, 15) is 19.7 Å². The van der Waals surface area contributed by atoms with E-state index in [4.69, 9.17) is 9.47 Å². The van der Waals surface area contributed by atoms with Gasteiger partial charge in [0.25, 0.3) is 5.69 Å². The molecule has 0 saturated carbocycles. The monoisotopic (exact) mass is 352 g/mol. The zero-order valence-electron chi connectivity index (χ0n) is 15.2. The minimum atomic E-state index is -0.715. The first-order chi connectivity index (χ1) is 11.6. The fourth-order valence-corrected chi connectivity index (χ4v) is 2.15. The summed E-state index contributed by atoms with van der Waals surface area (Å²) in [4.78, 5) is 33.7. The van der Waals surface area contributed by atoms with E-state index in [-0.39, 0.29) is 24.0 Å². The second-order valence-corrected chi connectivity index (χ2v) is 6.28. The van der Waals surface area contributed by atoms with Crippen LogP contribution in [0.1, 0.15) is 39.7 Å². The molecule has 1 aromatic rings. The number of nitro benzene ring substituents is 1. The van der Waals surface area contributed by atoms with Crippen LogP contribution in [-0.2, 0) is 14.3 Å². The molecule has 0 radical (unpaired) electrons. The standard InChI is InChI=1S/C17H24N2O6/c1-6-24-16(21)17(4,5)7-8-25-13-9-11(2)15(18-12(3)20)14(10-13)19(22)23/h9-10H,6-8H2,1-5H3,(H,18,20). The molecule has 0 heterocycles. The number of nitrogens with one attached hydrogen (secondary N) is 1. The summed E-state index contributed by atoms with van der Waals surface area (Å²) in [6.45, 7) is 8.67. The molecule has 1 N–H and O–H groups in total. The lowest BCUT2D eigenvalue weighted by Crippen LogP contribution is -2.28. The predicted molar refractivity (Wildman–Crippen MR) is 92.7 cm³/mol. The maximum absolute atomic E-state index is 11.8. The normalized spacial score (nSPS) is 10.9. The minimum absolute atomic E-state index is 0.150. The molecule has 0 saturated heterocycles. The fraction of sp³-hybridized carbons (Fsp3) is 0.529. The van der Waals surface area contributed by atoms with Gasteiger partial charge >= 0.3 is 5.97 Å². The van der Waals surface area contributed by atoms with Crippen LogP contribution in [0.15, 0.2) is 12.1 Å². The van der Waals surface area contributed by atoms with E-state index in [2.05, 4.69) is 5.32 Å². The van der Waals surface area contributed by atoms with Gasteiger partial charge in [-0.15, -0.1) is 0 Å². The number of benzene rings is 1. The number of nitrogens with zero attached hydrogens (tertiary/aromatic N) is 1. The Bertz CT molecular complexity index is 669. The number of amides is 1. The van der Waals surface area contributed by atoms with E-state index in [0.717, 1.165) is 0 Å². The van der Waals surface area contributed by atoms with E-state index in [1.54, 1.807) is 33.8 Å². The smallest absolute Gasteiger partial charge is 0.311 e. The van der Waals surface area contributed by atoms with Crippen LogP contribution >= 0.6 is 0 Å². The number of aryl methyl sites for hydroxylation is 1. The Morgan fingerprint density at radius 2 is 1.96 bits per heavy atom. The molecule has 0 unspecified atom stereocenters. The SMILES string of the molecule is CCOC(=O)C(C)(C)CCOc1cc(C)c(NC(C)=O)c([N+](=O)[O-])c1. The van der Waals surface area contributed by atoms with Crippen LogP contribution in [0.2, 0.25) is 0 Å². The number of rotatable bonds is 8. The lowest BCUT2D eigenvalue weighted by atomic mass is 9.90. The molecule has 0 spiro atoms. The second kappa shape index (κ2) is 8.46. The number of hydrogen-bond acceptors (Lipinski definition) is 6. The van der Waals surface area contributed by atoms with Crippen LogP contribution in [0.25, 0.3) is 0 Å². The number of esters is 1. The summed E-state index contributed by atoms with van der Waals surface area (Å²) >= 11 is 0. The second-order valence-electron chi connectivity index (χ2n) is 6.28. The summed E-state index contributed by atoms with van der Waals surface area (Å²) in [6, 6.07) is 2.87. The zero-order valence-corrected chi connectivity index (χ0v) is 15.2. The highest BCUT2D eigenvalue weighted by molar-refractivity contribution is 5.92. The molecular weight excluding hydrogens is 328 g/mol. The summed E-state index contributed by atoms with van der Waals surface area (Å²) in [5.74, 6) is -0.407. The molecule has 0 aliphatic carbocycles. The number of ether oxygens (including phenoxy) is 2. The Kier molecular flexibility index (Phi) is 6.90. The number of anilines is 1. The maximum Gasteiger partial charge on any atom is 0.311 e. The molecular formula is C17H24N2O6. The molecule has 1 aromatic carbocycles. The van der Waals surface area contributed by atoms with Crippen molar-refractivity contribution in [3.05, 3.63) is 27.8 Å². The van der Waals surface area contributed by atoms with Gasteiger partial charge in [0.15, 0.2) is 0 Å². The van der Waals surface area contributed by atoms with Crippen LogP contribution in [-0.4, -0.2) is 30.0 Å². The van der Waals surface area contributed by atoms with E-state index in [1.165, 1.54) is 13.0 Å². The molecule has 1 rings (SSSR count). The number of carbonyl (C=O) groups is 2. The maximum atomic E-state index is 11.8. The van der Waals surface area contributed by atoms with E-state index < -0.39 is 16.2 Å². The van der Waals surface area contributed by atoms with Crippen LogP contribution in [0.4, 0.5) is 11.4 Å². The number of hydrogen-bond donors (Lipinski definition) is 1. The third-order valence-electron chi connectivity index (χ3n) is 3.61. The van der Waals surface area contributed by atoms with Gasteiger partial charge in [0.1, 0.15) is 11.4 Å². The van der Waals surface area contributed by atoms with Crippen molar-refractivity contribution in [2.75, 3.05) is 18.5 Å². The summed E-state index contributed by atoms with van der Waals surface area (Å²) in [5.41, 5.74) is -0.289. The Hall–Kier alpha value is -2.64. The van der Waals surface area contributed by atoms with E-state index in [1.807, 2.05) is 0 Å². The van der Waals surface area contributed by atoms with Crippen molar-refractivity contribution >= 4 is 23.3 Å². The van der Waals surface area contributed by atoms with Crippen LogP contribution in [0.3, 0.4) is 0 Å².